The van der Waals surface area contributed by atoms with E-state index >= 15 is 0 Å². The van der Waals surface area contributed by atoms with Gasteiger partial charge in [0.05, 0.1) is 26.5 Å². The molecular weight excluding hydrogens is 368 g/mol. The first kappa shape index (κ1) is 20.1. The van der Waals surface area contributed by atoms with E-state index in [2.05, 4.69) is 4.99 Å². The van der Waals surface area contributed by atoms with Gasteiger partial charge in [0.15, 0.2) is 0 Å². The number of aliphatic imine (C=N–C) groups is 1. The summed E-state index contributed by atoms with van der Waals surface area (Å²) in [6, 6.07) is 18.3. The Hall–Kier alpha value is -3.61. The van der Waals surface area contributed by atoms with E-state index < -0.39 is 5.69 Å². The summed E-state index contributed by atoms with van der Waals surface area (Å²) in [5, 5.41) is 0. The molecule has 7 heteroatoms. The summed E-state index contributed by atoms with van der Waals surface area (Å²) in [7, 11) is 5.25. The second-order valence-corrected chi connectivity index (χ2v) is 6.84. The van der Waals surface area contributed by atoms with Crippen LogP contribution in [0.15, 0.2) is 75.2 Å². The molecule has 1 heterocycles. The van der Waals surface area contributed by atoms with Crippen LogP contribution >= 0.6 is 0 Å². The molecule has 29 heavy (non-hydrogen) atoms. The fraction of sp³-hybridized carbons (Fsp3) is 0.227. The van der Waals surface area contributed by atoms with E-state index in [-0.39, 0.29) is 12.1 Å². The SMILES string of the molecule is COc1ccc(Cn2c(=O)cc(/N=C/N(C)C)n(Cc3ccccc3)c2=O)cc1. The minimum absolute atomic E-state index is 0.175. The highest BCUT2D eigenvalue weighted by molar-refractivity contribution is 5.59. The van der Waals surface area contributed by atoms with Gasteiger partial charge in [0.2, 0.25) is 0 Å². The van der Waals surface area contributed by atoms with Gasteiger partial charge in [-0.3, -0.25) is 13.9 Å². The summed E-state index contributed by atoms with van der Waals surface area (Å²) < 4.78 is 7.90. The van der Waals surface area contributed by atoms with Crippen molar-refractivity contribution in [2.45, 2.75) is 13.1 Å². The monoisotopic (exact) mass is 392 g/mol. The normalized spacial score (nSPS) is 11.0. The smallest absolute Gasteiger partial charge is 0.333 e. The fourth-order valence-electron chi connectivity index (χ4n) is 2.86. The quantitative estimate of drug-likeness (QED) is 0.457. The van der Waals surface area contributed by atoms with Gasteiger partial charge >= 0.3 is 5.69 Å². The largest absolute Gasteiger partial charge is 0.497 e. The molecule has 7 nitrogen and oxygen atoms in total. The number of ether oxygens (including phenoxy) is 1. The predicted octanol–water partition coefficient (Wildman–Crippen LogP) is 2.34. The summed E-state index contributed by atoms with van der Waals surface area (Å²) >= 11 is 0. The molecule has 0 fully saturated rings. The number of methoxy groups -OCH3 is 1. The zero-order chi connectivity index (χ0) is 20.8. The summed E-state index contributed by atoms with van der Waals surface area (Å²) in [4.78, 5) is 32.0. The average molecular weight is 392 g/mol. The van der Waals surface area contributed by atoms with E-state index in [1.807, 2.05) is 56.6 Å². The van der Waals surface area contributed by atoms with Gasteiger partial charge in [-0.25, -0.2) is 9.79 Å². The maximum Gasteiger partial charge on any atom is 0.333 e. The van der Waals surface area contributed by atoms with Crippen molar-refractivity contribution < 1.29 is 4.74 Å². The van der Waals surface area contributed by atoms with Gasteiger partial charge in [-0.1, -0.05) is 42.5 Å². The van der Waals surface area contributed by atoms with E-state index in [9.17, 15) is 9.59 Å². The van der Waals surface area contributed by atoms with Crippen LogP contribution in [0.4, 0.5) is 5.82 Å². The number of hydrogen-bond donors (Lipinski definition) is 0. The van der Waals surface area contributed by atoms with Crippen molar-refractivity contribution in [3.8, 4) is 5.75 Å². The second kappa shape index (κ2) is 9.05. The first-order chi connectivity index (χ1) is 14.0. The third-order valence-corrected chi connectivity index (χ3v) is 4.36. The van der Waals surface area contributed by atoms with Crippen molar-refractivity contribution in [2.75, 3.05) is 21.2 Å². The number of nitrogens with zero attached hydrogens (tertiary/aromatic N) is 4. The van der Waals surface area contributed by atoms with Gasteiger partial charge in [-0.2, -0.15) is 0 Å². The summed E-state index contributed by atoms with van der Waals surface area (Å²) in [6.07, 6.45) is 1.57. The van der Waals surface area contributed by atoms with E-state index in [1.165, 1.54) is 15.2 Å². The standard InChI is InChI=1S/C22H24N4O3/c1-24(2)16-23-20-13-21(27)26(15-18-9-11-19(29-3)12-10-18)22(28)25(20)14-17-7-5-4-6-8-17/h4-13,16H,14-15H2,1-3H3/b23-16+. The van der Waals surface area contributed by atoms with Gasteiger partial charge in [0.1, 0.15) is 11.6 Å². The minimum atomic E-state index is -0.400. The van der Waals surface area contributed by atoms with Crippen molar-refractivity contribution in [3.05, 3.63) is 92.6 Å². The van der Waals surface area contributed by atoms with Crippen LogP contribution in [0.2, 0.25) is 0 Å². The first-order valence-corrected chi connectivity index (χ1v) is 9.20. The average Bonchev–Trinajstić information content (AvgIpc) is 2.73. The van der Waals surface area contributed by atoms with Crippen molar-refractivity contribution in [2.24, 2.45) is 4.99 Å². The molecule has 2 aromatic carbocycles. The van der Waals surface area contributed by atoms with Gasteiger partial charge in [0.25, 0.3) is 5.56 Å². The second-order valence-electron chi connectivity index (χ2n) is 6.84. The molecule has 0 saturated carbocycles. The predicted molar refractivity (Wildman–Crippen MR) is 114 cm³/mol. The van der Waals surface area contributed by atoms with E-state index in [0.29, 0.717) is 12.4 Å². The number of aromatic nitrogens is 2. The summed E-state index contributed by atoms with van der Waals surface area (Å²) in [5.74, 6) is 1.04. The Morgan fingerprint density at radius 1 is 0.931 bits per heavy atom. The molecule has 3 aromatic rings. The Morgan fingerprint density at radius 3 is 2.17 bits per heavy atom. The molecule has 0 radical (unpaired) electrons. The Morgan fingerprint density at radius 2 is 1.55 bits per heavy atom. The van der Waals surface area contributed by atoms with Crippen LogP contribution < -0.4 is 16.0 Å². The Balaban J connectivity index is 2.05. The van der Waals surface area contributed by atoms with Gasteiger partial charge in [0, 0.05) is 20.2 Å². The summed E-state index contributed by atoms with van der Waals surface area (Å²) in [5.41, 5.74) is 0.996. The van der Waals surface area contributed by atoms with E-state index in [1.54, 1.807) is 30.5 Å². The lowest BCUT2D eigenvalue weighted by Crippen LogP contribution is -2.39. The zero-order valence-electron chi connectivity index (χ0n) is 16.8. The fourth-order valence-corrected chi connectivity index (χ4v) is 2.86. The maximum absolute atomic E-state index is 13.2. The van der Waals surface area contributed by atoms with Crippen molar-refractivity contribution in [3.63, 3.8) is 0 Å². The van der Waals surface area contributed by atoms with E-state index in [0.717, 1.165) is 16.9 Å². The van der Waals surface area contributed by atoms with Gasteiger partial charge in [-0.15, -0.1) is 0 Å². The molecule has 0 spiro atoms. The zero-order valence-corrected chi connectivity index (χ0v) is 16.8. The lowest BCUT2D eigenvalue weighted by molar-refractivity contribution is 0.414. The van der Waals surface area contributed by atoms with Crippen LogP contribution in [0.5, 0.6) is 5.75 Å². The first-order valence-electron chi connectivity index (χ1n) is 9.20. The third-order valence-electron chi connectivity index (χ3n) is 4.36. The highest BCUT2D eigenvalue weighted by Gasteiger charge is 2.12. The molecule has 0 unspecified atom stereocenters. The van der Waals surface area contributed by atoms with Crippen LogP contribution in [-0.4, -0.2) is 41.6 Å². The topological polar surface area (TPSA) is 68.8 Å². The van der Waals surface area contributed by atoms with Crippen molar-refractivity contribution in [1.82, 2.24) is 14.0 Å². The number of rotatable bonds is 7. The molecule has 0 atom stereocenters. The third kappa shape index (κ3) is 5.01. The molecule has 150 valence electrons. The lowest BCUT2D eigenvalue weighted by Gasteiger charge is -2.14. The molecule has 0 aliphatic carbocycles. The highest BCUT2D eigenvalue weighted by atomic mass is 16.5. The maximum atomic E-state index is 13.2. The Bertz CT molecular complexity index is 1100. The molecule has 1 aromatic heterocycles. The summed E-state index contributed by atoms with van der Waals surface area (Å²) in [6.45, 7) is 0.497. The van der Waals surface area contributed by atoms with Crippen molar-refractivity contribution in [1.29, 1.82) is 0 Å². The molecule has 0 bridgehead atoms. The van der Waals surface area contributed by atoms with Gasteiger partial charge in [-0.05, 0) is 23.3 Å². The Kier molecular flexibility index (Phi) is 6.29. The van der Waals surface area contributed by atoms with Crippen LogP contribution in [0.1, 0.15) is 11.1 Å². The van der Waals surface area contributed by atoms with Crippen molar-refractivity contribution >= 4 is 12.2 Å². The molecule has 0 aliphatic rings. The molecule has 0 aliphatic heterocycles. The van der Waals surface area contributed by atoms with Gasteiger partial charge < -0.3 is 9.64 Å². The molecule has 0 saturated heterocycles. The Labute approximate surface area is 169 Å². The molecular formula is C22H24N4O3. The van der Waals surface area contributed by atoms with Crippen LogP contribution in [0.25, 0.3) is 0 Å². The van der Waals surface area contributed by atoms with Crippen LogP contribution in [0, 0.1) is 0 Å². The number of benzene rings is 2. The van der Waals surface area contributed by atoms with E-state index in [4.69, 9.17) is 4.74 Å². The minimum Gasteiger partial charge on any atom is -0.497 e. The highest BCUT2D eigenvalue weighted by Crippen LogP contribution is 2.13. The lowest BCUT2D eigenvalue weighted by atomic mass is 10.2. The van der Waals surface area contributed by atoms with Crippen LogP contribution in [-0.2, 0) is 13.1 Å². The molecule has 0 amide bonds. The number of hydrogen-bond acceptors (Lipinski definition) is 4. The van der Waals surface area contributed by atoms with Crippen LogP contribution in [0.3, 0.4) is 0 Å². The molecule has 3 rings (SSSR count). The molecule has 0 N–H and O–H groups in total.